The van der Waals surface area contributed by atoms with Crippen LogP contribution in [-0.2, 0) is 35.2 Å². The van der Waals surface area contributed by atoms with E-state index in [4.69, 9.17) is 9.72 Å². The molecule has 2 aromatic heterocycles. The molecule has 1 aromatic carbocycles. The third-order valence-corrected chi connectivity index (χ3v) is 8.29. The number of rotatable bonds is 4. The van der Waals surface area contributed by atoms with E-state index in [1.165, 1.54) is 29.1 Å². The van der Waals surface area contributed by atoms with Crippen LogP contribution in [0.3, 0.4) is 0 Å². The van der Waals surface area contributed by atoms with Gasteiger partial charge in [-0.2, -0.15) is 5.26 Å². The van der Waals surface area contributed by atoms with Crippen LogP contribution in [0.5, 0.6) is 0 Å². The zero-order valence-corrected chi connectivity index (χ0v) is 20.8. The van der Waals surface area contributed by atoms with Crippen LogP contribution in [0.25, 0.3) is 10.9 Å². The third-order valence-electron chi connectivity index (χ3n) is 7.08. The van der Waals surface area contributed by atoms with Crippen molar-refractivity contribution >= 4 is 39.1 Å². The molecule has 0 saturated heterocycles. The number of fused-ring (bicyclic) bond motifs is 3. The fourth-order valence-electron chi connectivity index (χ4n) is 5.29. The Morgan fingerprint density at radius 1 is 1.14 bits per heavy atom. The summed E-state index contributed by atoms with van der Waals surface area (Å²) in [4.78, 5) is 32.0. The van der Waals surface area contributed by atoms with E-state index in [1.807, 2.05) is 24.3 Å². The number of pyridine rings is 1. The van der Waals surface area contributed by atoms with Crippen LogP contribution in [0.2, 0.25) is 0 Å². The lowest BCUT2D eigenvalue weighted by atomic mass is 9.84. The number of nitriles is 1. The number of carbonyl (C=O) groups excluding carboxylic acids is 2. The first-order valence-electron chi connectivity index (χ1n) is 12.5. The highest BCUT2D eigenvalue weighted by Gasteiger charge is 2.27. The quantitative estimate of drug-likeness (QED) is 0.473. The van der Waals surface area contributed by atoms with E-state index in [-0.39, 0.29) is 0 Å². The van der Waals surface area contributed by atoms with Gasteiger partial charge in [0.05, 0.1) is 16.6 Å². The Labute approximate surface area is 209 Å². The Kier molecular flexibility index (Phi) is 6.83. The van der Waals surface area contributed by atoms with Crippen LogP contribution >= 0.6 is 11.3 Å². The number of thiophene rings is 1. The Hall–Kier alpha value is -3.24. The Morgan fingerprint density at radius 3 is 2.77 bits per heavy atom. The normalized spacial score (nSPS) is 17.4. The van der Waals surface area contributed by atoms with Crippen LogP contribution in [0.15, 0.2) is 24.3 Å². The minimum Gasteiger partial charge on any atom is -0.452 e. The summed E-state index contributed by atoms with van der Waals surface area (Å²) >= 11 is 1.49. The molecule has 5 rings (SSSR count). The number of amides is 1. The lowest BCUT2D eigenvalue weighted by Gasteiger charge is -2.24. The van der Waals surface area contributed by atoms with Gasteiger partial charge in [-0.15, -0.1) is 11.3 Å². The van der Waals surface area contributed by atoms with Crippen molar-refractivity contribution in [1.82, 2.24) is 4.98 Å². The average Bonchev–Trinajstić information content (AvgIpc) is 3.15. The summed E-state index contributed by atoms with van der Waals surface area (Å²) in [7, 11) is 0. The molecule has 1 atom stereocenters. The highest BCUT2D eigenvalue weighted by atomic mass is 32.1. The molecule has 1 N–H and O–H groups in total. The highest BCUT2D eigenvalue weighted by Crippen LogP contribution is 2.37. The molecule has 3 aromatic rings. The number of benzene rings is 1. The second kappa shape index (κ2) is 10.2. The van der Waals surface area contributed by atoms with Crippen molar-refractivity contribution in [3.63, 3.8) is 0 Å². The predicted molar refractivity (Wildman–Crippen MR) is 137 cm³/mol. The Bertz CT molecular complexity index is 1340. The van der Waals surface area contributed by atoms with E-state index >= 15 is 0 Å². The van der Waals surface area contributed by atoms with Gasteiger partial charge in [-0.1, -0.05) is 38.0 Å². The van der Waals surface area contributed by atoms with Crippen molar-refractivity contribution in [2.24, 2.45) is 5.92 Å². The molecule has 0 aliphatic heterocycles. The zero-order chi connectivity index (χ0) is 24.4. The molecule has 2 aliphatic rings. The van der Waals surface area contributed by atoms with Crippen LogP contribution in [0.1, 0.15) is 76.6 Å². The number of carbonyl (C=O) groups is 2. The number of hydrogen-bond acceptors (Lipinski definition) is 6. The van der Waals surface area contributed by atoms with E-state index in [0.717, 1.165) is 72.7 Å². The maximum Gasteiger partial charge on any atom is 0.339 e. The Morgan fingerprint density at radius 2 is 1.94 bits per heavy atom. The summed E-state index contributed by atoms with van der Waals surface area (Å²) in [5.74, 6) is -0.462. The first-order valence-corrected chi connectivity index (χ1v) is 13.3. The molecular formula is C28H29N3O3S. The number of aromatic nitrogens is 1. The maximum atomic E-state index is 13.3. The van der Waals surface area contributed by atoms with Gasteiger partial charge in [0.2, 0.25) is 0 Å². The smallest absolute Gasteiger partial charge is 0.339 e. The molecule has 0 bridgehead atoms. The van der Waals surface area contributed by atoms with Crippen molar-refractivity contribution in [1.29, 1.82) is 5.26 Å². The molecule has 180 valence electrons. The first-order chi connectivity index (χ1) is 17.0. The number of ether oxygens (including phenoxy) is 1. The number of nitrogens with zero attached hydrogens (tertiary/aromatic N) is 2. The van der Waals surface area contributed by atoms with Crippen molar-refractivity contribution in [2.75, 3.05) is 11.9 Å². The summed E-state index contributed by atoms with van der Waals surface area (Å²) in [6, 6.07) is 9.88. The van der Waals surface area contributed by atoms with Gasteiger partial charge in [0, 0.05) is 16.0 Å². The number of nitrogens with one attached hydrogen (secondary N) is 1. The lowest BCUT2D eigenvalue weighted by Crippen LogP contribution is -2.23. The van der Waals surface area contributed by atoms with Crippen molar-refractivity contribution in [2.45, 2.75) is 64.7 Å². The number of anilines is 1. The topological polar surface area (TPSA) is 92.1 Å². The van der Waals surface area contributed by atoms with E-state index in [1.54, 1.807) is 0 Å². The first kappa shape index (κ1) is 23.5. The minimum absolute atomic E-state index is 0.396. The molecule has 0 saturated carbocycles. The lowest BCUT2D eigenvalue weighted by molar-refractivity contribution is -0.119. The van der Waals surface area contributed by atoms with Gasteiger partial charge in [-0.3, -0.25) is 9.78 Å². The van der Waals surface area contributed by atoms with Crippen LogP contribution in [0.4, 0.5) is 5.00 Å². The minimum atomic E-state index is -0.497. The van der Waals surface area contributed by atoms with Gasteiger partial charge in [0.25, 0.3) is 5.91 Å². The van der Waals surface area contributed by atoms with Gasteiger partial charge in [-0.05, 0) is 68.1 Å². The molecule has 35 heavy (non-hydrogen) atoms. The SMILES string of the molecule is CC1CCc2nc3ccccc3c(C(=O)OCC(=O)Nc3sc4c(c3C#N)CCCCCC4)c2C1. The molecule has 6 nitrogen and oxygen atoms in total. The summed E-state index contributed by atoms with van der Waals surface area (Å²) in [5.41, 5.74) is 4.84. The molecule has 7 heteroatoms. The molecule has 0 spiro atoms. The second-order valence-corrected chi connectivity index (χ2v) is 10.7. The summed E-state index contributed by atoms with van der Waals surface area (Å²) < 4.78 is 5.53. The molecule has 2 aliphatic carbocycles. The number of para-hydroxylation sites is 1. The van der Waals surface area contributed by atoms with Gasteiger partial charge in [-0.25, -0.2) is 4.79 Å². The van der Waals surface area contributed by atoms with E-state index in [0.29, 0.717) is 22.0 Å². The number of aryl methyl sites for hydroxylation is 2. The van der Waals surface area contributed by atoms with Gasteiger partial charge < -0.3 is 10.1 Å². The van der Waals surface area contributed by atoms with Gasteiger partial charge in [0.15, 0.2) is 6.61 Å². The number of esters is 1. The van der Waals surface area contributed by atoms with Crippen molar-refractivity contribution in [3.05, 3.63) is 57.1 Å². The van der Waals surface area contributed by atoms with Crippen LogP contribution in [0, 0.1) is 17.2 Å². The van der Waals surface area contributed by atoms with E-state index in [9.17, 15) is 14.9 Å². The predicted octanol–water partition coefficient (Wildman–Crippen LogP) is 5.75. The molecular weight excluding hydrogens is 458 g/mol. The second-order valence-electron chi connectivity index (χ2n) is 9.64. The highest BCUT2D eigenvalue weighted by molar-refractivity contribution is 7.16. The van der Waals surface area contributed by atoms with Crippen molar-refractivity contribution in [3.8, 4) is 6.07 Å². The fourth-order valence-corrected chi connectivity index (χ4v) is 6.54. The molecule has 0 radical (unpaired) electrons. The standard InChI is InChI=1S/C28H29N3O3S/c1-17-12-13-23-20(14-17)26(19-9-6-7-10-22(19)30-23)28(33)34-16-25(32)31-27-21(15-29)18-8-4-2-3-5-11-24(18)35-27/h6-7,9-10,17H,2-5,8,11-14,16H2,1H3,(H,31,32). The third kappa shape index (κ3) is 4.81. The summed E-state index contributed by atoms with van der Waals surface area (Å²) in [6.45, 7) is 1.78. The van der Waals surface area contributed by atoms with Crippen LogP contribution in [-0.4, -0.2) is 23.5 Å². The molecule has 2 heterocycles. The van der Waals surface area contributed by atoms with Gasteiger partial charge in [0.1, 0.15) is 11.1 Å². The fraction of sp³-hybridized carbons (Fsp3) is 0.429. The monoisotopic (exact) mass is 487 g/mol. The molecule has 1 unspecified atom stereocenters. The van der Waals surface area contributed by atoms with E-state index < -0.39 is 18.5 Å². The number of hydrogen-bond donors (Lipinski definition) is 1. The molecule has 1 amide bonds. The summed E-state index contributed by atoms with van der Waals surface area (Å²) in [5, 5.41) is 13.9. The average molecular weight is 488 g/mol. The van der Waals surface area contributed by atoms with Gasteiger partial charge >= 0.3 is 5.97 Å². The van der Waals surface area contributed by atoms with E-state index in [2.05, 4.69) is 18.3 Å². The van der Waals surface area contributed by atoms with Crippen molar-refractivity contribution < 1.29 is 14.3 Å². The molecule has 0 fully saturated rings. The maximum absolute atomic E-state index is 13.3. The zero-order valence-electron chi connectivity index (χ0n) is 20.0. The van der Waals surface area contributed by atoms with Crippen LogP contribution < -0.4 is 5.32 Å². The Balaban J connectivity index is 1.35. The largest absolute Gasteiger partial charge is 0.452 e. The summed E-state index contributed by atoms with van der Waals surface area (Å²) in [6.07, 6.45) is 9.00.